The van der Waals surface area contributed by atoms with Crippen LogP contribution in [0.25, 0.3) is 0 Å². The van der Waals surface area contributed by atoms with Crippen LogP contribution in [0.3, 0.4) is 0 Å². The largest absolute Gasteiger partial charge is 0.472 e. The first-order chi connectivity index (χ1) is 38.0. The molecule has 0 aliphatic rings. The standard InChI is InChI=1S/C69H133N2O6P/c1-6-8-10-12-14-16-18-20-22-24-25-26-27-28-29-30-31-32-33-34-35-36-37-38-39-40-41-42-43-44-45-47-49-51-53-55-57-59-61-63-69(73)70-67(66-77-78(74,75)76-65-64-71(3,4)5)68(72)62-60-58-56-54-52-50-48-46-23-21-19-17-15-13-11-9-7-2/h18,20,24-25,52,54,60,62,67-68,72H,6-17,19,21-23,26-51,53,55-59,61,63-66H2,1-5H3,(H-,70,73,74,75)/p+1/b20-18-,25-24-,54-52+,62-60+. The van der Waals surface area contributed by atoms with Gasteiger partial charge in [0.15, 0.2) is 0 Å². The molecule has 3 unspecified atom stereocenters. The van der Waals surface area contributed by atoms with E-state index in [1.165, 1.54) is 270 Å². The van der Waals surface area contributed by atoms with Crippen molar-refractivity contribution in [1.29, 1.82) is 0 Å². The lowest BCUT2D eigenvalue weighted by Crippen LogP contribution is -2.45. The van der Waals surface area contributed by atoms with Crippen molar-refractivity contribution in [2.24, 2.45) is 0 Å². The summed E-state index contributed by atoms with van der Waals surface area (Å²) >= 11 is 0. The van der Waals surface area contributed by atoms with E-state index in [1.54, 1.807) is 6.08 Å². The second-order valence-electron chi connectivity index (χ2n) is 24.5. The number of carbonyl (C=O) groups excluding carboxylic acids is 1. The van der Waals surface area contributed by atoms with Crippen LogP contribution in [-0.2, 0) is 18.4 Å². The Hall–Kier alpha value is -1.54. The predicted molar refractivity (Wildman–Crippen MR) is 341 cm³/mol. The summed E-state index contributed by atoms with van der Waals surface area (Å²) in [6, 6.07) is -0.862. The molecule has 0 aromatic heterocycles. The molecule has 460 valence electrons. The van der Waals surface area contributed by atoms with Gasteiger partial charge in [0.05, 0.1) is 39.9 Å². The third kappa shape index (κ3) is 62.1. The van der Waals surface area contributed by atoms with Crippen LogP contribution in [-0.4, -0.2) is 73.4 Å². The number of phosphoric acid groups is 1. The number of phosphoric ester groups is 1. The monoisotopic (exact) mass is 1120 g/mol. The van der Waals surface area contributed by atoms with Crippen molar-refractivity contribution in [3.63, 3.8) is 0 Å². The highest BCUT2D eigenvalue weighted by molar-refractivity contribution is 7.47. The number of unbranched alkanes of at least 4 members (excludes halogenated alkanes) is 44. The maximum atomic E-state index is 13.0. The van der Waals surface area contributed by atoms with E-state index >= 15 is 0 Å². The van der Waals surface area contributed by atoms with Crippen molar-refractivity contribution in [2.45, 2.75) is 347 Å². The Kier molecular flexibility index (Phi) is 58.9. The summed E-state index contributed by atoms with van der Waals surface area (Å²) in [6.45, 7) is 4.82. The highest BCUT2D eigenvalue weighted by atomic mass is 31.2. The zero-order chi connectivity index (χ0) is 57.0. The minimum atomic E-state index is -4.36. The highest BCUT2D eigenvalue weighted by Gasteiger charge is 2.28. The average Bonchev–Trinajstić information content (AvgIpc) is 3.40. The Bertz CT molecular complexity index is 1410. The fourth-order valence-corrected chi connectivity index (χ4v) is 10.9. The number of likely N-dealkylation sites (N-methyl/N-ethyl adjacent to an activating group) is 1. The maximum absolute atomic E-state index is 13.0. The van der Waals surface area contributed by atoms with E-state index < -0.39 is 20.0 Å². The summed E-state index contributed by atoms with van der Waals surface area (Å²) < 4.78 is 23.7. The smallest absolute Gasteiger partial charge is 0.387 e. The first kappa shape index (κ1) is 76.5. The zero-order valence-corrected chi connectivity index (χ0v) is 53.6. The lowest BCUT2D eigenvalue weighted by molar-refractivity contribution is -0.870. The van der Waals surface area contributed by atoms with Gasteiger partial charge >= 0.3 is 7.82 Å². The molecule has 9 heteroatoms. The summed E-state index contributed by atoms with van der Waals surface area (Å²) in [4.78, 5) is 23.3. The lowest BCUT2D eigenvalue weighted by Gasteiger charge is -2.25. The molecule has 0 radical (unpaired) electrons. The first-order valence-electron chi connectivity index (χ1n) is 34.0. The molecule has 0 heterocycles. The molecule has 0 bridgehead atoms. The van der Waals surface area contributed by atoms with E-state index in [0.717, 1.165) is 44.9 Å². The van der Waals surface area contributed by atoms with E-state index in [9.17, 15) is 19.4 Å². The number of amides is 1. The van der Waals surface area contributed by atoms with Crippen LogP contribution in [0.15, 0.2) is 48.6 Å². The Morgan fingerprint density at radius 1 is 0.436 bits per heavy atom. The Morgan fingerprint density at radius 3 is 1.10 bits per heavy atom. The maximum Gasteiger partial charge on any atom is 0.472 e. The van der Waals surface area contributed by atoms with Crippen LogP contribution in [0, 0.1) is 0 Å². The summed E-state index contributed by atoms with van der Waals surface area (Å²) in [6.07, 6.45) is 81.3. The van der Waals surface area contributed by atoms with E-state index in [2.05, 4.69) is 55.6 Å². The van der Waals surface area contributed by atoms with Gasteiger partial charge in [0.2, 0.25) is 5.91 Å². The summed E-state index contributed by atoms with van der Waals surface area (Å²) in [5.41, 5.74) is 0. The number of rotatable bonds is 63. The molecule has 0 aliphatic heterocycles. The number of quaternary nitrogens is 1. The van der Waals surface area contributed by atoms with Crippen molar-refractivity contribution in [3.8, 4) is 0 Å². The number of nitrogens with zero attached hydrogens (tertiary/aromatic N) is 1. The molecular weight excluding hydrogens is 984 g/mol. The zero-order valence-electron chi connectivity index (χ0n) is 52.7. The Labute approximate surface area is 486 Å². The molecule has 0 aromatic carbocycles. The topological polar surface area (TPSA) is 105 Å². The third-order valence-corrected chi connectivity index (χ3v) is 16.5. The van der Waals surface area contributed by atoms with Crippen LogP contribution in [0.1, 0.15) is 335 Å². The molecule has 3 N–H and O–H groups in total. The lowest BCUT2D eigenvalue weighted by atomic mass is 10.0. The number of hydrogen-bond acceptors (Lipinski definition) is 5. The van der Waals surface area contributed by atoms with Crippen LogP contribution >= 0.6 is 7.82 Å². The first-order valence-corrected chi connectivity index (χ1v) is 35.5. The summed E-state index contributed by atoms with van der Waals surface area (Å²) in [7, 11) is 1.57. The number of nitrogens with one attached hydrogen (secondary N) is 1. The molecule has 78 heavy (non-hydrogen) atoms. The van der Waals surface area contributed by atoms with E-state index in [4.69, 9.17) is 9.05 Å². The van der Waals surface area contributed by atoms with Gasteiger partial charge in [-0.1, -0.05) is 313 Å². The second kappa shape index (κ2) is 60.1. The fraction of sp³-hybridized carbons (Fsp3) is 0.870. The molecule has 0 saturated heterocycles. The SMILES string of the molecule is CCCCCCC/C=C\C/C=C\CCCCCCCCCCCCCCCCCCCCCCCCCCCCCC(=O)NC(COP(=O)(O)OCC[N+](C)(C)C)C(O)/C=C/CC/C=C/CCCCCCCCCCCCC. The van der Waals surface area contributed by atoms with Gasteiger partial charge in [0, 0.05) is 6.42 Å². The van der Waals surface area contributed by atoms with Gasteiger partial charge in [-0.05, 0) is 64.2 Å². The van der Waals surface area contributed by atoms with Gasteiger partial charge in [-0.3, -0.25) is 13.8 Å². The Balaban J connectivity index is 3.93. The number of carbonyl (C=O) groups is 1. The minimum Gasteiger partial charge on any atom is -0.387 e. The number of aliphatic hydroxyl groups is 1. The molecule has 0 fully saturated rings. The third-order valence-electron chi connectivity index (χ3n) is 15.5. The molecule has 0 saturated carbocycles. The van der Waals surface area contributed by atoms with Gasteiger partial charge in [0.25, 0.3) is 0 Å². The van der Waals surface area contributed by atoms with Crippen molar-refractivity contribution >= 4 is 13.7 Å². The normalized spacial score (nSPS) is 14.0. The fourth-order valence-electron chi connectivity index (χ4n) is 10.2. The molecule has 0 rings (SSSR count). The van der Waals surface area contributed by atoms with Gasteiger partial charge in [-0.2, -0.15) is 0 Å². The van der Waals surface area contributed by atoms with Crippen molar-refractivity contribution in [1.82, 2.24) is 5.32 Å². The number of allylic oxidation sites excluding steroid dienone is 7. The quantitative estimate of drug-likeness (QED) is 0.0243. The van der Waals surface area contributed by atoms with Gasteiger partial charge in [-0.25, -0.2) is 4.57 Å². The average molecular weight is 1120 g/mol. The molecule has 0 aromatic rings. The number of hydrogen-bond donors (Lipinski definition) is 3. The van der Waals surface area contributed by atoms with Crippen LogP contribution in [0.5, 0.6) is 0 Å². The van der Waals surface area contributed by atoms with E-state index in [1.807, 2.05) is 27.2 Å². The molecule has 1 amide bonds. The molecule has 0 spiro atoms. The summed E-state index contributed by atoms with van der Waals surface area (Å²) in [5, 5.41) is 13.9. The van der Waals surface area contributed by atoms with Crippen LogP contribution < -0.4 is 5.32 Å². The van der Waals surface area contributed by atoms with Gasteiger partial charge in [0.1, 0.15) is 13.2 Å². The Morgan fingerprint density at radius 2 is 0.744 bits per heavy atom. The van der Waals surface area contributed by atoms with Crippen LogP contribution in [0.2, 0.25) is 0 Å². The van der Waals surface area contributed by atoms with Crippen molar-refractivity contribution in [3.05, 3.63) is 48.6 Å². The van der Waals surface area contributed by atoms with E-state index in [0.29, 0.717) is 17.4 Å². The second-order valence-corrected chi connectivity index (χ2v) is 26.0. The summed E-state index contributed by atoms with van der Waals surface area (Å²) in [5.74, 6) is -0.181. The molecule has 8 nitrogen and oxygen atoms in total. The highest BCUT2D eigenvalue weighted by Crippen LogP contribution is 2.43. The molecule has 0 aliphatic carbocycles. The van der Waals surface area contributed by atoms with Crippen molar-refractivity contribution in [2.75, 3.05) is 40.9 Å². The number of aliphatic hydroxyl groups excluding tert-OH is 1. The van der Waals surface area contributed by atoms with Gasteiger partial charge in [-0.15, -0.1) is 0 Å². The van der Waals surface area contributed by atoms with E-state index in [-0.39, 0.29) is 19.1 Å². The van der Waals surface area contributed by atoms with Crippen molar-refractivity contribution < 1.29 is 32.9 Å². The minimum absolute atomic E-state index is 0.0576. The van der Waals surface area contributed by atoms with Gasteiger partial charge < -0.3 is 19.8 Å². The van der Waals surface area contributed by atoms with Crippen LogP contribution in [0.4, 0.5) is 0 Å². The molecular formula is C69H134N2O6P+. The predicted octanol–water partition coefficient (Wildman–Crippen LogP) is 21.4. The molecule has 3 atom stereocenters.